The molecule has 0 bridgehead atoms. The Morgan fingerprint density at radius 3 is 2.83 bits per heavy atom. The van der Waals surface area contributed by atoms with E-state index in [1.807, 2.05) is 0 Å². The summed E-state index contributed by atoms with van der Waals surface area (Å²) in [5.74, 6) is 0. The third-order valence-electron chi connectivity index (χ3n) is 2.82. The summed E-state index contributed by atoms with van der Waals surface area (Å²) in [6.45, 7) is 3.37. The van der Waals surface area contributed by atoms with Gasteiger partial charge >= 0.3 is 0 Å². The van der Waals surface area contributed by atoms with Crippen molar-refractivity contribution in [3.8, 4) is 0 Å². The molecule has 1 aliphatic heterocycles. The van der Waals surface area contributed by atoms with Gasteiger partial charge < -0.3 is 10.6 Å². The summed E-state index contributed by atoms with van der Waals surface area (Å²) in [5.41, 5.74) is 5.81. The zero-order valence-electron chi connectivity index (χ0n) is 8.42. The summed E-state index contributed by atoms with van der Waals surface area (Å²) in [7, 11) is 2.23. The number of likely N-dealkylation sites (tertiary alicyclic amines) is 1. The number of nitrogens with two attached hydrogens (primary N) is 1. The number of hydrogen-bond donors (Lipinski definition) is 1. The van der Waals surface area contributed by atoms with Gasteiger partial charge in [0, 0.05) is 12.1 Å². The van der Waals surface area contributed by atoms with Crippen LogP contribution in [-0.4, -0.2) is 30.6 Å². The highest BCUT2D eigenvalue weighted by atomic mass is 15.1. The van der Waals surface area contributed by atoms with E-state index in [-0.39, 0.29) is 0 Å². The first-order valence-corrected chi connectivity index (χ1v) is 5.16. The lowest BCUT2D eigenvalue weighted by molar-refractivity contribution is 0.226. The molecule has 72 valence electrons. The van der Waals surface area contributed by atoms with E-state index in [9.17, 15) is 0 Å². The monoisotopic (exact) mass is 170 g/mol. The Kier molecular flexibility index (Phi) is 4.02. The standard InChI is InChI=1S/C10H22N2/c1-9(11)8-10-6-4-3-5-7-12(10)2/h9-10H,3-8,11H2,1-2H3. The third kappa shape index (κ3) is 3.11. The molecule has 1 aliphatic rings. The fourth-order valence-corrected chi connectivity index (χ4v) is 2.05. The predicted octanol–water partition coefficient (Wildman–Crippen LogP) is 1.60. The summed E-state index contributed by atoms with van der Waals surface area (Å²) in [6, 6.07) is 1.10. The van der Waals surface area contributed by atoms with E-state index < -0.39 is 0 Å². The first-order chi connectivity index (χ1) is 5.70. The van der Waals surface area contributed by atoms with Gasteiger partial charge in [-0.3, -0.25) is 0 Å². The van der Waals surface area contributed by atoms with Gasteiger partial charge in [0.05, 0.1) is 0 Å². The Morgan fingerprint density at radius 1 is 1.42 bits per heavy atom. The molecule has 2 atom stereocenters. The summed E-state index contributed by atoms with van der Waals surface area (Å²) in [5, 5.41) is 0. The van der Waals surface area contributed by atoms with Gasteiger partial charge in [0.2, 0.25) is 0 Å². The normalized spacial score (nSPS) is 29.8. The molecular formula is C10H22N2. The second kappa shape index (κ2) is 4.83. The Hall–Kier alpha value is -0.0800. The molecule has 0 aliphatic carbocycles. The number of rotatable bonds is 2. The quantitative estimate of drug-likeness (QED) is 0.682. The van der Waals surface area contributed by atoms with Crippen LogP contribution in [0.3, 0.4) is 0 Å². The average molecular weight is 170 g/mol. The second-order valence-electron chi connectivity index (χ2n) is 4.20. The fraction of sp³-hybridized carbons (Fsp3) is 1.00. The van der Waals surface area contributed by atoms with Crippen LogP contribution in [-0.2, 0) is 0 Å². The van der Waals surface area contributed by atoms with E-state index in [0.29, 0.717) is 6.04 Å². The molecule has 0 spiro atoms. The van der Waals surface area contributed by atoms with E-state index >= 15 is 0 Å². The molecule has 0 saturated carbocycles. The zero-order chi connectivity index (χ0) is 8.97. The maximum absolute atomic E-state index is 5.81. The molecule has 1 heterocycles. The molecule has 2 heteroatoms. The molecular weight excluding hydrogens is 148 g/mol. The summed E-state index contributed by atoms with van der Waals surface area (Å²) in [4.78, 5) is 2.48. The van der Waals surface area contributed by atoms with Crippen molar-refractivity contribution >= 4 is 0 Å². The molecule has 1 rings (SSSR count). The molecule has 0 aromatic carbocycles. The van der Waals surface area contributed by atoms with Crippen LogP contribution in [0.2, 0.25) is 0 Å². The van der Waals surface area contributed by atoms with Crippen LogP contribution in [0.5, 0.6) is 0 Å². The van der Waals surface area contributed by atoms with Gasteiger partial charge in [-0.05, 0) is 39.8 Å². The lowest BCUT2D eigenvalue weighted by Gasteiger charge is -2.26. The summed E-state index contributed by atoms with van der Waals surface area (Å²) < 4.78 is 0. The highest BCUT2D eigenvalue weighted by Gasteiger charge is 2.17. The lowest BCUT2D eigenvalue weighted by atomic mass is 10.0. The Balaban J connectivity index is 2.36. The van der Waals surface area contributed by atoms with E-state index in [0.717, 1.165) is 12.5 Å². The molecule has 0 radical (unpaired) electrons. The van der Waals surface area contributed by atoms with E-state index in [2.05, 4.69) is 18.9 Å². The van der Waals surface area contributed by atoms with Crippen LogP contribution in [0.25, 0.3) is 0 Å². The minimum absolute atomic E-state index is 0.357. The van der Waals surface area contributed by atoms with Crippen molar-refractivity contribution in [3.63, 3.8) is 0 Å². The first-order valence-electron chi connectivity index (χ1n) is 5.16. The third-order valence-corrected chi connectivity index (χ3v) is 2.82. The highest BCUT2D eigenvalue weighted by molar-refractivity contribution is 4.75. The molecule has 2 N–H and O–H groups in total. The van der Waals surface area contributed by atoms with Crippen LogP contribution in [0, 0.1) is 0 Å². The van der Waals surface area contributed by atoms with Crippen LogP contribution in [0.1, 0.15) is 39.0 Å². The van der Waals surface area contributed by atoms with Crippen molar-refractivity contribution in [2.75, 3.05) is 13.6 Å². The molecule has 1 fully saturated rings. The summed E-state index contributed by atoms with van der Waals surface area (Å²) in [6.07, 6.45) is 6.67. The smallest absolute Gasteiger partial charge is 0.0107 e. The van der Waals surface area contributed by atoms with Gasteiger partial charge in [-0.1, -0.05) is 12.8 Å². The largest absolute Gasteiger partial charge is 0.328 e. The van der Waals surface area contributed by atoms with Crippen molar-refractivity contribution in [3.05, 3.63) is 0 Å². The van der Waals surface area contributed by atoms with Gasteiger partial charge in [-0.2, -0.15) is 0 Å². The molecule has 0 amide bonds. The SMILES string of the molecule is CC(N)CC1CCCCCN1C. The fourth-order valence-electron chi connectivity index (χ4n) is 2.05. The van der Waals surface area contributed by atoms with Gasteiger partial charge in [0.15, 0.2) is 0 Å². The van der Waals surface area contributed by atoms with Crippen LogP contribution < -0.4 is 5.73 Å². The van der Waals surface area contributed by atoms with Gasteiger partial charge in [0.25, 0.3) is 0 Å². The number of nitrogens with zero attached hydrogens (tertiary/aromatic N) is 1. The second-order valence-corrected chi connectivity index (χ2v) is 4.20. The molecule has 0 aromatic rings. The highest BCUT2D eigenvalue weighted by Crippen LogP contribution is 2.18. The average Bonchev–Trinajstić information content (AvgIpc) is 2.16. The molecule has 1 saturated heterocycles. The van der Waals surface area contributed by atoms with E-state index in [4.69, 9.17) is 5.73 Å². The van der Waals surface area contributed by atoms with Crippen molar-refractivity contribution in [1.82, 2.24) is 4.90 Å². The topological polar surface area (TPSA) is 29.3 Å². The number of hydrogen-bond acceptors (Lipinski definition) is 2. The van der Waals surface area contributed by atoms with Crippen LogP contribution in [0.15, 0.2) is 0 Å². The Bertz CT molecular complexity index is 123. The summed E-state index contributed by atoms with van der Waals surface area (Å²) >= 11 is 0. The Morgan fingerprint density at radius 2 is 2.17 bits per heavy atom. The van der Waals surface area contributed by atoms with Crippen molar-refractivity contribution in [2.45, 2.75) is 51.1 Å². The van der Waals surface area contributed by atoms with Crippen molar-refractivity contribution in [1.29, 1.82) is 0 Å². The molecule has 0 aromatic heterocycles. The lowest BCUT2D eigenvalue weighted by Crippen LogP contribution is -2.35. The van der Waals surface area contributed by atoms with E-state index in [1.165, 1.54) is 32.2 Å². The minimum Gasteiger partial charge on any atom is -0.328 e. The van der Waals surface area contributed by atoms with Gasteiger partial charge in [-0.25, -0.2) is 0 Å². The zero-order valence-corrected chi connectivity index (χ0v) is 8.42. The predicted molar refractivity (Wildman–Crippen MR) is 53.2 cm³/mol. The Labute approximate surface area is 76.1 Å². The molecule has 12 heavy (non-hydrogen) atoms. The van der Waals surface area contributed by atoms with E-state index in [1.54, 1.807) is 0 Å². The van der Waals surface area contributed by atoms with Crippen LogP contribution in [0.4, 0.5) is 0 Å². The molecule has 2 nitrogen and oxygen atoms in total. The van der Waals surface area contributed by atoms with Crippen LogP contribution >= 0.6 is 0 Å². The van der Waals surface area contributed by atoms with Crippen molar-refractivity contribution < 1.29 is 0 Å². The minimum atomic E-state index is 0.357. The van der Waals surface area contributed by atoms with Crippen molar-refractivity contribution in [2.24, 2.45) is 5.73 Å². The molecule has 2 unspecified atom stereocenters. The first kappa shape index (κ1) is 10.0. The maximum atomic E-state index is 5.81. The van der Waals surface area contributed by atoms with Gasteiger partial charge in [0.1, 0.15) is 0 Å². The van der Waals surface area contributed by atoms with Gasteiger partial charge in [-0.15, -0.1) is 0 Å². The maximum Gasteiger partial charge on any atom is 0.0107 e.